The molecular weight excluding hydrogens is 683 g/mol. The molecule has 4 aromatic rings. The Kier molecular flexibility index (Phi) is 7.75. The smallest absolute Gasteiger partial charge is 0.336 e. The molecule has 1 saturated heterocycles. The minimum Gasteiger partial charge on any atom is -0.379 e. The number of rotatable bonds is 8. The van der Waals surface area contributed by atoms with Gasteiger partial charge in [-0.3, -0.25) is 23.4 Å². The minimum absolute atomic E-state index is 0.176. The first kappa shape index (κ1) is 29.6. The maximum Gasteiger partial charge on any atom is 0.336 e. The van der Waals surface area contributed by atoms with E-state index in [1.807, 2.05) is 25.1 Å². The maximum absolute atomic E-state index is 14.1. The molecule has 0 bridgehead atoms. The average Bonchev–Trinajstić information content (AvgIpc) is 3.62. The molecule has 2 N–H and O–H groups in total. The number of nitrogens with one attached hydrogen (secondary N) is 2. The molecule has 43 heavy (non-hydrogen) atoms. The first-order valence-electron chi connectivity index (χ1n) is 14.3. The van der Waals surface area contributed by atoms with Crippen LogP contribution in [0.5, 0.6) is 0 Å². The van der Waals surface area contributed by atoms with Crippen LogP contribution in [0.2, 0.25) is 0 Å². The van der Waals surface area contributed by atoms with Crippen LogP contribution in [-0.4, -0.2) is 39.5 Å². The predicted octanol–water partition coefficient (Wildman–Crippen LogP) is 3.77. The van der Waals surface area contributed by atoms with Crippen LogP contribution in [0.4, 0.5) is 11.4 Å². The van der Waals surface area contributed by atoms with Crippen molar-refractivity contribution in [3.8, 4) is 5.69 Å². The molecule has 11 nitrogen and oxygen atoms in total. The second-order valence-corrected chi connectivity index (χ2v) is 14.1. The van der Waals surface area contributed by atoms with Crippen molar-refractivity contribution < 1.29 is 8.42 Å². The zero-order chi connectivity index (χ0) is 30.6. The van der Waals surface area contributed by atoms with Gasteiger partial charge in [-0.05, 0) is 98.0 Å². The van der Waals surface area contributed by atoms with Gasteiger partial charge in [-0.2, -0.15) is 12.7 Å². The van der Waals surface area contributed by atoms with Gasteiger partial charge in [0.2, 0.25) is 0 Å². The number of aryl methyl sites for hydroxylation is 2. The van der Waals surface area contributed by atoms with Gasteiger partial charge in [-0.25, -0.2) is 4.79 Å². The van der Waals surface area contributed by atoms with E-state index in [-0.39, 0.29) is 40.3 Å². The lowest BCUT2D eigenvalue weighted by molar-refractivity contribution is 0.482. The standard InChI is InChI=1S/C30H33IN6O5S/c1-18-9-12-24(23(31)15-18)32-17-25-26-27(19(2)28(38)34(25)3)36(30(40)37(29(26)39)21-10-11-21)22-8-6-7-20(16-22)33-43(41,42)35-13-4-5-14-35/h6-9,12,15-16,21,32-33H,4-5,10-11,13-14,17H2,1-3H3. The lowest BCUT2D eigenvalue weighted by Gasteiger charge is -2.21. The summed E-state index contributed by atoms with van der Waals surface area (Å²) in [6.07, 6.45) is 3.02. The predicted molar refractivity (Wildman–Crippen MR) is 177 cm³/mol. The highest BCUT2D eigenvalue weighted by molar-refractivity contribution is 14.1. The molecule has 0 amide bonds. The van der Waals surface area contributed by atoms with Crippen molar-refractivity contribution in [3.63, 3.8) is 0 Å². The van der Waals surface area contributed by atoms with Gasteiger partial charge in [-0.1, -0.05) is 12.1 Å². The molecule has 1 aliphatic carbocycles. The van der Waals surface area contributed by atoms with Crippen molar-refractivity contribution in [3.05, 3.63) is 94.0 Å². The zero-order valence-electron chi connectivity index (χ0n) is 24.2. The van der Waals surface area contributed by atoms with Crippen molar-refractivity contribution in [1.29, 1.82) is 0 Å². The summed E-state index contributed by atoms with van der Waals surface area (Å²) in [5.74, 6) is 0. The Balaban J connectivity index is 1.55. The zero-order valence-corrected chi connectivity index (χ0v) is 27.2. The number of anilines is 2. The number of hydrogen-bond acceptors (Lipinski definition) is 6. The number of nitrogens with zero attached hydrogens (tertiary/aromatic N) is 4. The quantitative estimate of drug-likeness (QED) is 0.268. The van der Waals surface area contributed by atoms with Gasteiger partial charge in [0.25, 0.3) is 11.1 Å². The maximum atomic E-state index is 14.1. The van der Waals surface area contributed by atoms with Crippen LogP contribution >= 0.6 is 22.6 Å². The molecule has 13 heteroatoms. The molecular formula is C30H33IN6O5S. The van der Waals surface area contributed by atoms with Crippen molar-refractivity contribution in [2.45, 2.75) is 52.1 Å². The largest absolute Gasteiger partial charge is 0.379 e. The average molecular weight is 717 g/mol. The summed E-state index contributed by atoms with van der Waals surface area (Å²) < 4.78 is 35.1. The second-order valence-electron chi connectivity index (χ2n) is 11.3. The highest BCUT2D eigenvalue weighted by Gasteiger charge is 2.32. The molecule has 6 rings (SSSR count). The molecule has 3 heterocycles. The molecule has 2 aliphatic rings. The van der Waals surface area contributed by atoms with Crippen molar-refractivity contribution in [1.82, 2.24) is 18.0 Å². The number of pyridine rings is 1. The van der Waals surface area contributed by atoms with Crippen LogP contribution in [0.3, 0.4) is 0 Å². The van der Waals surface area contributed by atoms with E-state index in [0.29, 0.717) is 37.3 Å². The molecule has 2 aromatic carbocycles. The van der Waals surface area contributed by atoms with Crippen molar-refractivity contribution >= 4 is 55.1 Å². The molecule has 2 fully saturated rings. The third-order valence-electron chi connectivity index (χ3n) is 8.20. The molecule has 0 spiro atoms. The SMILES string of the molecule is Cc1ccc(NCc2c3c(=O)n(C4CC4)c(=O)n(-c4cccc(NS(=O)(=O)N5CCCC5)c4)c3c(C)c(=O)n2C)c(I)c1. The van der Waals surface area contributed by atoms with E-state index in [0.717, 1.165) is 27.7 Å². The van der Waals surface area contributed by atoms with E-state index in [1.165, 1.54) is 18.0 Å². The van der Waals surface area contributed by atoms with Crippen LogP contribution in [0.15, 0.2) is 56.8 Å². The third-order valence-corrected chi connectivity index (χ3v) is 10.6. The van der Waals surface area contributed by atoms with E-state index in [2.05, 4.69) is 32.6 Å². The van der Waals surface area contributed by atoms with Gasteiger partial charge < -0.3 is 9.88 Å². The first-order valence-corrected chi connectivity index (χ1v) is 16.8. The lowest BCUT2D eigenvalue weighted by atomic mass is 10.1. The van der Waals surface area contributed by atoms with Gasteiger partial charge in [-0.15, -0.1) is 0 Å². The Morgan fingerprint density at radius 2 is 1.70 bits per heavy atom. The van der Waals surface area contributed by atoms with Crippen LogP contribution in [-0.2, 0) is 23.8 Å². The Labute approximate surface area is 262 Å². The van der Waals surface area contributed by atoms with Crippen LogP contribution < -0.4 is 26.8 Å². The van der Waals surface area contributed by atoms with Crippen LogP contribution in [0.25, 0.3) is 16.6 Å². The molecule has 0 unspecified atom stereocenters. The fourth-order valence-corrected chi connectivity index (χ4v) is 7.93. The Bertz CT molecular complexity index is 2060. The summed E-state index contributed by atoms with van der Waals surface area (Å²) in [6.45, 7) is 4.70. The topological polar surface area (TPSA) is 127 Å². The van der Waals surface area contributed by atoms with Crippen LogP contribution in [0.1, 0.15) is 48.5 Å². The van der Waals surface area contributed by atoms with Gasteiger partial charge >= 0.3 is 15.9 Å². The summed E-state index contributed by atoms with van der Waals surface area (Å²) in [6, 6.07) is 12.3. The van der Waals surface area contributed by atoms with Gasteiger partial charge in [0, 0.05) is 41.0 Å². The normalized spacial score (nSPS) is 15.7. The van der Waals surface area contributed by atoms with E-state index >= 15 is 0 Å². The van der Waals surface area contributed by atoms with E-state index in [1.54, 1.807) is 38.2 Å². The fourth-order valence-electron chi connectivity index (χ4n) is 5.78. The number of benzene rings is 2. The summed E-state index contributed by atoms with van der Waals surface area (Å²) >= 11 is 2.24. The minimum atomic E-state index is -3.77. The van der Waals surface area contributed by atoms with Gasteiger partial charge in [0.1, 0.15) is 0 Å². The number of fused-ring (bicyclic) bond motifs is 1. The van der Waals surface area contributed by atoms with Crippen LogP contribution in [0, 0.1) is 17.4 Å². The molecule has 0 radical (unpaired) electrons. The van der Waals surface area contributed by atoms with E-state index < -0.39 is 21.5 Å². The third kappa shape index (κ3) is 5.42. The summed E-state index contributed by atoms with van der Waals surface area (Å²) in [5.41, 5.74) is 2.25. The number of halogens is 1. The van der Waals surface area contributed by atoms with Crippen molar-refractivity contribution in [2.75, 3.05) is 23.1 Å². The fraction of sp³-hybridized carbons (Fsp3) is 0.367. The monoisotopic (exact) mass is 716 g/mol. The summed E-state index contributed by atoms with van der Waals surface area (Å²) in [7, 11) is -2.14. The van der Waals surface area contributed by atoms with Gasteiger partial charge in [0.05, 0.1) is 34.5 Å². The number of hydrogen-bond donors (Lipinski definition) is 2. The summed E-state index contributed by atoms with van der Waals surface area (Å²) in [4.78, 5) is 41.7. The lowest BCUT2D eigenvalue weighted by Crippen LogP contribution is -2.41. The molecule has 1 aliphatic heterocycles. The molecule has 0 atom stereocenters. The Morgan fingerprint density at radius 1 is 0.977 bits per heavy atom. The first-order chi connectivity index (χ1) is 20.5. The number of aromatic nitrogens is 3. The van der Waals surface area contributed by atoms with Gasteiger partial charge in [0.15, 0.2) is 0 Å². The van der Waals surface area contributed by atoms with E-state index in [4.69, 9.17) is 0 Å². The highest BCUT2D eigenvalue weighted by Crippen LogP contribution is 2.33. The Morgan fingerprint density at radius 3 is 2.37 bits per heavy atom. The Hall–Kier alpha value is -3.43. The summed E-state index contributed by atoms with van der Waals surface area (Å²) in [5, 5.41) is 3.66. The second kappa shape index (κ2) is 11.2. The highest BCUT2D eigenvalue weighted by atomic mass is 127. The molecule has 1 saturated carbocycles. The van der Waals surface area contributed by atoms with E-state index in [9.17, 15) is 22.8 Å². The molecule has 226 valence electrons. The molecule has 2 aromatic heterocycles. The van der Waals surface area contributed by atoms with Crippen molar-refractivity contribution in [2.24, 2.45) is 7.05 Å².